The highest BCUT2D eigenvalue weighted by atomic mass is 16.4. The maximum atomic E-state index is 10.2. The van der Waals surface area contributed by atoms with Crippen LogP contribution in [0.2, 0.25) is 0 Å². The quantitative estimate of drug-likeness (QED) is 0.255. The molecule has 0 aromatic heterocycles. The first-order valence-electron chi connectivity index (χ1n) is 8.63. The molecule has 0 bridgehead atoms. The minimum atomic E-state index is 0.233. The van der Waals surface area contributed by atoms with Crippen LogP contribution < -0.4 is 0 Å². The lowest BCUT2D eigenvalue weighted by Crippen LogP contribution is -1.97. The molecule has 3 nitrogen and oxygen atoms in total. The third-order valence-corrected chi connectivity index (χ3v) is 4.12. The molecule has 0 fully saturated rings. The highest BCUT2D eigenvalue weighted by Gasteiger charge is 2.12. The summed E-state index contributed by atoms with van der Waals surface area (Å²) in [5.74, 6) is 0.482. The molecule has 1 aromatic carbocycles. The van der Waals surface area contributed by atoms with Crippen LogP contribution in [0.15, 0.2) is 17.3 Å². The van der Waals surface area contributed by atoms with E-state index in [1.54, 1.807) is 0 Å². The Morgan fingerprint density at radius 2 is 1.68 bits per heavy atom. The van der Waals surface area contributed by atoms with E-state index in [-0.39, 0.29) is 11.7 Å². The second-order valence-corrected chi connectivity index (χ2v) is 6.39. The Balaban J connectivity index is 2.59. The molecule has 0 unspecified atom stereocenters. The van der Waals surface area contributed by atoms with Gasteiger partial charge in [-0.2, -0.15) is 0 Å². The lowest BCUT2D eigenvalue weighted by Gasteiger charge is -2.13. The number of rotatable bonds is 10. The van der Waals surface area contributed by atoms with Gasteiger partial charge in [-0.15, -0.1) is 0 Å². The third kappa shape index (κ3) is 6.08. The lowest BCUT2D eigenvalue weighted by atomic mass is 9.94. The molecule has 0 heterocycles. The van der Waals surface area contributed by atoms with Gasteiger partial charge in [0.15, 0.2) is 0 Å². The van der Waals surface area contributed by atoms with Crippen molar-refractivity contribution in [3.05, 3.63) is 28.8 Å². The van der Waals surface area contributed by atoms with Crippen molar-refractivity contribution in [3.8, 4) is 5.75 Å². The lowest BCUT2D eigenvalue weighted by molar-refractivity contribution is 0.321. The zero-order chi connectivity index (χ0) is 16.4. The maximum absolute atomic E-state index is 10.2. The summed E-state index contributed by atoms with van der Waals surface area (Å²) in [5.41, 5.74) is 2.74. The van der Waals surface area contributed by atoms with Crippen molar-refractivity contribution >= 4 is 6.21 Å². The molecule has 1 aromatic rings. The van der Waals surface area contributed by atoms with Gasteiger partial charge in [-0.25, -0.2) is 0 Å². The van der Waals surface area contributed by atoms with Crippen LogP contribution in [0.3, 0.4) is 0 Å². The zero-order valence-electron chi connectivity index (χ0n) is 14.3. The van der Waals surface area contributed by atoms with E-state index in [0.29, 0.717) is 5.56 Å². The fraction of sp³-hybridized carbons (Fsp3) is 0.632. The zero-order valence-corrected chi connectivity index (χ0v) is 14.3. The maximum Gasteiger partial charge on any atom is 0.127 e. The van der Waals surface area contributed by atoms with Crippen molar-refractivity contribution in [2.24, 2.45) is 5.16 Å². The van der Waals surface area contributed by atoms with Crippen LogP contribution >= 0.6 is 0 Å². The number of phenolic OH excluding ortho intramolecular Hbond substituents is 1. The fourth-order valence-corrected chi connectivity index (χ4v) is 2.78. The Bertz CT molecular complexity index is 467. The van der Waals surface area contributed by atoms with Gasteiger partial charge in [0.1, 0.15) is 5.75 Å². The molecule has 2 N–H and O–H groups in total. The monoisotopic (exact) mass is 305 g/mol. The molecule has 124 valence electrons. The van der Waals surface area contributed by atoms with E-state index in [1.165, 1.54) is 56.7 Å². The highest BCUT2D eigenvalue weighted by Crippen LogP contribution is 2.30. The Kier molecular flexibility index (Phi) is 8.64. The van der Waals surface area contributed by atoms with Crippen LogP contribution in [0.4, 0.5) is 0 Å². The molecule has 0 spiro atoms. The van der Waals surface area contributed by atoms with E-state index in [4.69, 9.17) is 5.21 Å². The molecular formula is C19H31NO2. The SMILES string of the molecule is CCCCCCCCCc1cc(/C=N\O)c(O)c(C(C)C)c1. The van der Waals surface area contributed by atoms with Crippen LogP contribution in [0.25, 0.3) is 0 Å². The van der Waals surface area contributed by atoms with Crippen molar-refractivity contribution in [3.63, 3.8) is 0 Å². The number of aromatic hydroxyl groups is 1. The van der Waals surface area contributed by atoms with E-state index in [0.717, 1.165) is 12.0 Å². The van der Waals surface area contributed by atoms with Gasteiger partial charge >= 0.3 is 0 Å². The molecule has 0 aliphatic carbocycles. The average Bonchev–Trinajstić information content (AvgIpc) is 2.49. The molecule has 0 saturated carbocycles. The number of hydrogen-bond donors (Lipinski definition) is 2. The summed E-state index contributed by atoms with van der Waals surface area (Å²) in [4.78, 5) is 0. The van der Waals surface area contributed by atoms with Crippen LogP contribution in [-0.4, -0.2) is 16.5 Å². The Labute approximate surface area is 135 Å². The fourth-order valence-electron chi connectivity index (χ4n) is 2.78. The number of aryl methyl sites for hydroxylation is 1. The van der Waals surface area contributed by atoms with E-state index < -0.39 is 0 Å². The molecule has 0 radical (unpaired) electrons. The summed E-state index contributed by atoms with van der Waals surface area (Å²) in [6, 6.07) is 4.02. The number of nitrogens with zero attached hydrogens (tertiary/aromatic N) is 1. The number of unbranched alkanes of at least 4 members (excludes halogenated alkanes) is 6. The summed E-state index contributed by atoms with van der Waals surface area (Å²) in [6.07, 6.45) is 11.4. The average molecular weight is 305 g/mol. The van der Waals surface area contributed by atoms with Crippen molar-refractivity contribution in [1.29, 1.82) is 0 Å². The van der Waals surface area contributed by atoms with Crippen molar-refractivity contribution < 1.29 is 10.3 Å². The standard InChI is InChI=1S/C19H31NO2/c1-4-5-6-7-8-9-10-11-16-12-17(14-20-22)19(21)18(13-16)15(2)3/h12-15,21-22H,4-11H2,1-3H3/b20-14-. The molecule has 0 aliphatic rings. The smallest absolute Gasteiger partial charge is 0.127 e. The van der Waals surface area contributed by atoms with Gasteiger partial charge in [0.2, 0.25) is 0 Å². The normalized spacial score (nSPS) is 11.6. The van der Waals surface area contributed by atoms with Gasteiger partial charge in [-0.1, -0.05) is 70.5 Å². The van der Waals surface area contributed by atoms with E-state index in [2.05, 4.69) is 32.0 Å². The minimum absolute atomic E-state index is 0.233. The van der Waals surface area contributed by atoms with Crippen LogP contribution in [-0.2, 0) is 6.42 Å². The van der Waals surface area contributed by atoms with E-state index >= 15 is 0 Å². The summed E-state index contributed by atoms with van der Waals surface area (Å²) >= 11 is 0. The van der Waals surface area contributed by atoms with Gasteiger partial charge in [-0.05, 0) is 36.0 Å². The topological polar surface area (TPSA) is 52.8 Å². The molecule has 3 heteroatoms. The van der Waals surface area contributed by atoms with Crippen molar-refractivity contribution in [1.82, 2.24) is 0 Å². The van der Waals surface area contributed by atoms with Crippen LogP contribution in [0.1, 0.15) is 88.3 Å². The molecule has 1 rings (SSSR count). The van der Waals surface area contributed by atoms with E-state index in [1.807, 2.05) is 6.07 Å². The second-order valence-electron chi connectivity index (χ2n) is 6.39. The van der Waals surface area contributed by atoms with Gasteiger partial charge < -0.3 is 10.3 Å². The predicted molar refractivity (Wildman–Crippen MR) is 93.3 cm³/mol. The molecule has 22 heavy (non-hydrogen) atoms. The second kappa shape index (κ2) is 10.3. The largest absolute Gasteiger partial charge is 0.507 e. The summed E-state index contributed by atoms with van der Waals surface area (Å²) in [5, 5.41) is 22.0. The third-order valence-electron chi connectivity index (χ3n) is 4.12. The number of benzene rings is 1. The van der Waals surface area contributed by atoms with Crippen molar-refractivity contribution in [2.75, 3.05) is 0 Å². The predicted octanol–water partition coefficient (Wildman–Crippen LogP) is 5.62. The first-order chi connectivity index (χ1) is 10.6. The van der Waals surface area contributed by atoms with Crippen molar-refractivity contribution in [2.45, 2.75) is 78.1 Å². The Hall–Kier alpha value is -1.51. The summed E-state index contributed by atoms with van der Waals surface area (Å²) < 4.78 is 0. The number of oxime groups is 1. The van der Waals surface area contributed by atoms with Gasteiger partial charge in [0.05, 0.1) is 6.21 Å². The Morgan fingerprint density at radius 3 is 2.27 bits per heavy atom. The molecular weight excluding hydrogens is 274 g/mol. The van der Waals surface area contributed by atoms with Crippen LogP contribution in [0.5, 0.6) is 5.75 Å². The molecule has 0 amide bonds. The number of hydrogen-bond acceptors (Lipinski definition) is 3. The first-order valence-corrected chi connectivity index (χ1v) is 8.63. The van der Waals surface area contributed by atoms with Gasteiger partial charge in [-0.3, -0.25) is 0 Å². The molecule has 0 atom stereocenters. The van der Waals surface area contributed by atoms with Crippen LogP contribution in [0, 0.1) is 0 Å². The minimum Gasteiger partial charge on any atom is -0.507 e. The van der Waals surface area contributed by atoms with Gasteiger partial charge in [0.25, 0.3) is 0 Å². The summed E-state index contributed by atoms with van der Waals surface area (Å²) in [6.45, 7) is 6.36. The molecule has 0 aliphatic heterocycles. The first kappa shape index (κ1) is 18.5. The highest BCUT2D eigenvalue weighted by molar-refractivity contribution is 5.84. The van der Waals surface area contributed by atoms with E-state index in [9.17, 15) is 5.11 Å². The van der Waals surface area contributed by atoms with Gasteiger partial charge in [0, 0.05) is 5.56 Å². The summed E-state index contributed by atoms with van der Waals surface area (Å²) in [7, 11) is 0. The molecule has 0 saturated heterocycles. The number of phenols is 1. The Morgan fingerprint density at radius 1 is 1.05 bits per heavy atom.